The van der Waals surface area contributed by atoms with E-state index in [4.69, 9.17) is 4.74 Å². The van der Waals surface area contributed by atoms with Gasteiger partial charge < -0.3 is 4.74 Å². The van der Waals surface area contributed by atoms with Gasteiger partial charge in [-0.3, -0.25) is 0 Å². The van der Waals surface area contributed by atoms with Crippen molar-refractivity contribution in [3.05, 3.63) is 53.7 Å². The average molecular weight is 404 g/mol. The maximum Gasteiger partial charge on any atom is 0.434 e. The van der Waals surface area contributed by atoms with Gasteiger partial charge in [-0.25, -0.2) is 9.97 Å². The molecular weight excluding hydrogens is 393 g/mol. The van der Waals surface area contributed by atoms with Gasteiger partial charge in [0.15, 0.2) is 17.3 Å². The van der Waals surface area contributed by atoms with E-state index in [1.807, 2.05) is 0 Å². The fourth-order valence-corrected chi connectivity index (χ4v) is 3.20. The van der Waals surface area contributed by atoms with Crippen LogP contribution < -0.4 is 4.74 Å². The molecule has 3 heterocycles. The van der Waals surface area contributed by atoms with Gasteiger partial charge in [0, 0.05) is 6.20 Å². The highest BCUT2D eigenvalue weighted by Gasteiger charge is 2.38. The summed E-state index contributed by atoms with van der Waals surface area (Å²) in [6, 6.07) is 9.94. The van der Waals surface area contributed by atoms with Crippen molar-refractivity contribution in [3.63, 3.8) is 0 Å². The largest absolute Gasteiger partial charge is 0.497 e. The van der Waals surface area contributed by atoms with E-state index in [9.17, 15) is 13.2 Å². The number of hydrogen-bond donors (Lipinski definition) is 0. The lowest BCUT2D eigenvalue weighted by Crippen LogP contribution is -2.13. The molecule has 7 nitrogen and oxygen atoms in total. The van der Waals surface area contributed by atoms with E-state index < -0.39 is 11.9 Å². The molecule has 142 valence electrons. The van der Waals surface area contributed by atoms with Gasteiger partial charge in [0.2, 0.25) is 0 Å². The SMILES string of the molecule is COc1ccc(-n2nnnc2-c2cnc(-c3cccs3)nc2C(F)(F)F)cc1. The number of methoxy groups -OCH3 is 1. The van der Waals surface area contributed by atoms with Crippen molar-refractivity contribution < 1.29 is 17.9 Å². The van der Waals surface area contributed by atoms with Gasteiger partial charge in [-0.2, -0.15) is 17.9 Å². The van der Waals surface area contributed by atoms with Crippen molar-refractivity contribution >= 4 is 11.3 Å². The molecule has 11 heteroatoms. The van der Waals surface area contributed by atoms with Crippen molar-refractivity contribution in [2.24, 2.45) is 0 Å². The Morgan fingerprint density at radius 2 is 1.89 bits per heavy atom. The fraction of sp³-hybridized carbons (Fsp3) is 0.118. The number of rotatable bonds is 4. The zero-order valence-electron chi connectivity index (χ0n) is 14.3. The number of hydrogen-bond acceptors (Lipinski definition) is 7. The molecule has 0 radical (unpaired) electrons. The van der Waals surface area contributed by atoms with Gasteiger partial charge in [-0.1, -0.05) is 6.07 Å². The number of nitrogens with zero attached hydrogens (tertiary/aromatic N) is 6. The molecule has 0 fully saturated rings. The van der Waals surface area contributed by atoms with E-state index in [-0.39, 0.29) is 17.2 Å². The predicted molar refractivity (Wildman–Crippen MR) is 95.0 cm³/mol. The van der Waals surface area contributed by atoms with Crippen LogP contribution in [0.15, 0.2) is 48.0 Å². The predicted octanol–water partition coefficient (Wildman–Crippen LogP) is 3.88. The van der Waals surface area contributed by atoms with Gasteiger partial charge in [-0.15, -0.1) is 16.4 Å². The molecule has 4 rings (SSSR count). The molecule has 3 aromatic heterocycles. The molecule has 0 aliphatic heterocycles. The molecule has 0 aliphatic carbocycles. The Balaban J connectivity index is 1.84. The number of halogens is 3. The molecule has 0 bridgehead atoms. The Morgan fingerprint density at radius 3 is 2.54 bits per heavy atom. The van der Waals surface area contributed by atoms with Gasteiger partial charge in [0.05, 0.1) is 23.2 Å². The van der Waals surface area contributed by atoms with Gasteiger partial charge in [0.1, 0.15) is 5.75 Å². The monoisotopic (exact) mass is 404 g/mol. The first kappa shape index (κ1) is 18.0. The summed E-state index contributed by atoms with van der Waals surface area (Å²) in [5.74, 6) is 0.475. The molecule has 0 aliphatic rings. The average Bonchev–Trinajstić information content (AvgIpc) is 3.39. The number of thiophene rings is 1. The quantitative estimate of drug-likeness (QED) is 0.514. The molecular formula is C17H11F3N6OS. The van der Waals surface area contributed by atoms with Crippen molar-refractivity contribution in [3.8, 4) is 33.5 Å². The van der Waals surface area contributed by atoms with Crippen LogP contribution in [0.5, 0.6) is 5.75 Å². The molecule has 28 heavy (non-hydrogen) atoms. The zero-order valence-corrected chi connectivity index (χ0v) is 15.1. The number of ether oxygens (including phenoxy) is 1. The van der Waals surface area contributed by atoms with Crippen LogP contribution >= 0.6 is 11.3 Å². The minimum atomic E-state index is -4.71. The van der Waals surface area contributed by atoms with Crippen LogP contribution in [0.4, 0.5) is 13.2 Å². The first-order valence-electron chi connectivity index (χ1n) is 7.88. The van der Waals surface area contributed by atoms with E-state index in [1.165, 1.54) is 23.1 Å². The Kier molecular flexibility index (Phi) is 4.51. The van der Waals surface area contributed by atoms with E-state index >= 15 is 0 Å². The molecule has 0 unspecified atom stereocenters. The fourth-order valence-electron chi connectivity index (χ4n) is 2.54. The number of aromatic nitrogens is 6. The van der Waals surface area contributed by atoms with Crippen LogP contribution in [-0.4, -0.2) is 37.3 Å². The molecule has 0 N–H and O–H groups in total. The highest BCUT2D eigenvalue weighted by atomic mass is 32.1. The summed E-state index contributed by atoms with van der Waals surface area (Å²) in [6.45, 7) is 0. The molecule has 0 atom stereocenters. The third-order valence-electron chi connectivity index (χ3n) is 3.83. The van der Waals surface area contributed by atoms with Crippen LogP contribution in [-0.2, 0) is 6.18 Å². The smallest absolute Gasteiger partial charge is 0.434 e. The maximum absolute atomic E-state index is 13.7. The molecule has 0 saturated carbocycles. The summed E-state index contributed by atoms with van der Waals surface area (Å²) < 4.78 is 47.4. The Labute approximate surface area is 160 Å². The molecule has 0 spiro atoms. The Morgan fingerprint density at radius 1 is 1.11 bits per heavy atom. The van der Waals surface area contributed by atoms with E-state index in [2.05, 4.69) is 25.5 Å². The van der Waals surface area contributed by atoms with Gasteiger partial charge in [0.25, 0.3) is 0 Å². The lowest BCUT2D eigenvalue weighted by molar-refractivity contribution is -0.140. The number of tetrazole rings is 1. The Hall–Kier alpha value is -3.34. The minimum Gasteiger partial charge on any atom is -0.497 e. The van der Waals surface area contributed by atoms with Crippen LogP contribution in [0.25, 0.3) is 27.8 Å². The second-order valence-corrected chi connectivity index (χ2v) is 6.49. The standard InChI is InChI=1S/C17H11F3N6OS/c1-27-11-6-4-10(5-7-11)26-16(23-24-25-26)12-9-21-15(13-3-2-8-28-13)22-14(12)17(18,19)20/h2-9H,1H3. The normalized spacial score (nSPS) is 11.6. The van der Waals surface area contributed by atoms with Crippen LogP contribution in [0.3, 0.4) is 0 Å². The minimum absolute atomic E-state index is 0.00505. The molecule has 0 amide bonds. The summed E-state index contributed by atoms with van der Waals surface area (Å²) in [4.78, 5) is 8.37. The number of benzene rings is 1. The second-order valence-electron chi connectivity index (χ2n) is 5.54. The van der Waals surface area contributed by atoms with Gasteiger partial charge in [-0.05, 0) is 46.1 Å². The van der Waals surface area contributed by atoms with Crippen molar-refractivity contribution in [2.45, 2.75) is 6.18 Å². The first-order valence-corrected chi connectivity index (χ1v) is 8.76. The number of alkyl halides is 3. The van der Waals surface area contributed by atoms with E-state index in [1.54, 1.807) is 41.8 Å². The summed E-state index contributed by atoms with van der Waals surface area (Å²) in [7, 11) is 1.51. The highest BCUT2D eigenvalue weighted by Crippen LogP contribution is 2.36. The van der Waals surface area contributed by atoms with Crippen molar-refractivity contribution in [1.82, 2.24) is 30.2 Å². The van der Waals surface area contributed by atoms with Crippen LogP contribution in [0.1, 0.15) is 5.69 Å². The third kappa shape index (κ3) is 3.31. The summed E-state index contributed by atoms with van der Waals surface area (Å²) in [5, 5.41) is 12.8. The second kappa shape index (κ2) is 7.00. The zero-order chi connectivity index (χ0) is 19.7. The van der Waals surface area contributed by atoms with Crippen molar-refractivity contribution in [2.75, 3.05) is 7.11 Å². The lowest BCUT2D eigenvalue weighted by atomic mass is 10.2. The first-order chi connectivity index (χ1) is 13.5. The molecule has 1 aromatic carbocycles. The molecule has 4 aromatic rings. The molecule has 0 saturated heterocycles. The van der Waals surface area contributed by atoms with Crippen LogP contribution in [0.2, 0.25) is 0 Å². The summed E-state index contributed by atoms with van der Waals surface area (Å²) in [6.07, 6.45) is -3.61. The van der Waals surface area contributed by atoms with Gasteiger partial charge >= 0.3 is 6.18 Å². The Bertz CT molecular complexity index is 1090. The van der Waals surface area contributed by atoms with Crippen molar-refractivity contribution in [1.29, 1.82) is 0 Å². The summed E-state index contributed by atoms with van der Waals surface area (Å²) in [5.41, 5.74) is -0.944. The topological polar surface area (TPSA) is 78.6 Å². The van der Waals surface area contributed by atoms with Crippen LogP contribution in [0, 0.1) is 0 Å². The van der Waals surface area contributed by atoms with E-state index in [0.29, 0.717) is 16.3 Å². The lowest BCUT2D eigenvalue weighted by Gasteiger charge is -2.12. The summed E-state index contributed by atoms with van der Waals surface area (Å²) >= 11 is 1.25. The third-order valence-corrected chi connectivity index (χ3v) is 4.69. The maximum atomic E-state index is 13.7. The highest BCUT2D eigenvalue weighted by molar-refractivity contribution is 7.13. The van der Waals surface area contributed by atoms with E-state index in [0.717, 1.165) is 6.20 Å².